The van der Waals surface area contributed by atoms with E-state index >= 15 is 0 Å². The highest BCUT2D eigenvalue weighted by Crippen LogP contribution is 2.20. The standard InChI is InChI=1S/C22H30ClN5O4/c1-13(2)11-27(18-19(24)28(12-14(3)4)22(32)26-21(18)31)17(29)9-10-25-20(30)15-5-7-16(23)8-6-15/h5-8,13-14H,9-12,24H2,1-4H3,(H,25,30)(H,26,31,32). The second kappa shape index (κ2) is 11.0. The summed E-state index contributed by atoms with van der Waals surface area (Å²) >= 11 is 5.83. The zero-order valence-electron chi connectivity index (χ0n) is 18.8. The van der Waals surface area contributed by atoms with Crippen LogP contribution in [0.5, 0.6) is 0 Å². The lowest BCUT2D eigenvalue weighted by molar-refractivity contribution is -0.118. The molecule has 0 aliphatic heterocycles. The number of aromatic nitrogens is 2. The van der Waals surface area contributed by atoms with E-state index in [-0.39, 0.29) is 54.7 Å². The lowest BCUT2D eigenvalue weighted by Gasteiger charge is -2.26. The first kappa shape index (κ1) is 25.2. The molecular weight excluding hydrogens is 434 g/mol. The van der Waals surface area contributed by atoms with Crippen LogP contribution in [-0.2, 0) is 11.3 Å². The van der Waals surface area contributed by atoms with Gasteiger partial charge < -0.3 is 16.0 Å². The van der Waals surface area contributed by atoms with Crippen molar-refractivity contribution in [3.8, 4) is 0 Å². The molecule has 2 amide bonds. The van der Waals surface area contributed by atoms with Gasteiger partial charge in [-0.05, 0) is 36.1 Å². The SMILES string of the molecule is CC(C)CN(C(=O)CCNC(=O)c1ccc(Cl)cc1)c1c(N)n(CC(C)C)c(=O)[nH]c1=O. The number of nitrogens with one attached hydrogen (secondary N) is 2. The number of nitrogen functional groups attached to an aromatic ring is 1. The topological polar surface area (TPSA) is 130 Å². The molecule has 0 aliphatic rings. The average molecular weight is 464 g/mol. The van der Waals surface area contributed by atoms with Crippen molar-refractivity contribution < 1.29 is 9.59 Å². The van der Waals surface area contributed by atoms with E-state index < -0.39 is 11.2 Å². The molecule has 0 fully saturated rings. The molecule has 1 aromatic heterocycles. The van der Waals surface area contributed by atoms with Gasteiger partial charge in [0.15, 0.2) is 5.69 Å². The summed E-state index contributed by atoms with van der Waals surface area (Å²) in [6.07, 6.45) is -0.0474. The van der Waals surface area contributed by atoms with E-state index in [9.17, 15) is 19.2 Å². The number of carbonyl (C=O) groups is 2. The number of benzene rings is 1. The first-order chi connectivity index (χ1) is 15.0. The quantitative estimate of drug-likeness (QED) is 0.525. The van der Waals surface area contributed by atoms with E-state index in [0.29, 0.717) is 17.1 Å². The van der Waals surface area contributed by atoms with Crippen LogP contribution in [0.1, 0.15) is 44.5 Å². The van der Waals surface area contributed by atoms with Crippen molar-refractivity contribution in [2.45, 2.75) is 40.7 Å². The number of hydrogen-bond donors (Lipinski definition) is 3. The highest BCUT2D eigenvalue weighted by Gasteiger charge is 2.25. The van der Waals surface area contributed by atoms with E-state index in [2.05, 4.69) is 10.3 Å². The second-order valence-electron chi connectivity index (χ2n) is 8.41. The lowest BCUT2D eigenvalue weighted by Crippen LogP contribution is -2.43. The number of anilines is 2. The Bertz CT molecular complexity index is 1070. The summed E-state index contributed by atoms with van der Waals surface area (Å²) < 4.78 is 1.27. The molecule has 2 rings (SSSR count). The predicted octanol–water partition coefficient (Wildman–Crippen LogP) is 2.24. The van der Waals surface area contributed by atoms with E-state index in [4.69, 9.17) is 17.3 Å². The van der Waals surface area contributed by atoms with Crippen molar-refractivity contribution >= 4 is 34.9 Å². The summed E-state index contributed by atoms with van der Waals surface area (Å²) in [5.74, 6) is -0.639. The van der Waals surface area contributed by atoms with E-state index in [1.165, 1.54) is 9.47 Å². The van der Waals surface area contributed by atoms with E-state index in [0.717, 1.165) is 0 Å². The van der Waals surface area contributed by atoms with Gasteiger partial charge in [-0.2, -0.15) is 0 Å². The summed E-state index contributed by atoms with van der Waals surface area (Å²) in [4.78, 5) is 53.7. The van der Waals surface area contributed by atoms with Gasteiger partial charge in [0.2, 0.25) is 5.91 Å². The van der Waals surface area contributed by atoms with Gasteiger partial charge >= 0.3 is 5.69 Å². The number of rotatable bonds is 9. The number of nitrogens with two attached hydrogens (primary N) is 1. The fourth-order valence-corrected chi connectivity index (χ4v) is 3.31. The van der Waals surface area contributed by atoms with Crippen molar-refractivity contribution in [1.29, 1.82) is 0 Å². The van der Waals surface area contributed by atoms with Crippen LogP contribution in [-0.4, -0.2) is 34.5 Å². The minimum absolute atomic E-state index is 0.0342. The van der Waals surface area contributed by atoms with Gasteiger partial charge in [-0.3, -0.25) is 23.9 Å². The molecule has 9 nitrogen and oxygen atoms in total. The molecule has 0 unspecified atom stereocenters. The molecule has 4 N–H and O–H groups in total. The van der Waals surface area contributed by atoms with Crippen molar-refractivity contribution in [2.24, 2.45) is 11.8 Å². The maximum atomic E-state index is 13.0. The Hall–Kier alpha value is -3.07. The largest absolute Gasteiger partial charge is 0.383 e. The average Bonchev–Trinajstić information content (AvgIpc) is 2.70. The Balaban J connectivity index is 2.23. The molecule has 174 valence electrons. The number of hydrogen-bond acceptors (Lipinski definition) is 5. The van der Waals surface area contributed by atoms with Crippen LogP contribution in [0.3, 0.4) is 0 Å². The van der Waals surface area contributed by atoms with Crippen LogP contribution in [0.15, 0.2) is 33.9 Å². The molecular formula is C22H30ClN5O4. The molecule has 0 saturated heterocycles. The Labute approximate surface area is 191 Å². The van der Waals surface area contributed by atoms with Crippen LogP contribution in [0.4, 0.5) is 11.5 Å². The molecule has 0 spiro atoms. The highest BCUT2D eigenvalue weighted by atomic mass is 35.5. The molecule has 2 aromatic rings. The number of amides is 2. The smallest absolute Gasteiger partial charge is 0.330 e. The number of nitrogens with zero attached hydrogens (tertiary/aromatic N) is 2. The molecule has 32 heavy (non-hydrogen) atoms. The predicted molar refractivity (Wildman–Crippen MR) is 126 cm³/mol. The van der Waals surface area contributed by atoms with E-state index in [1.807, 2.05) is 27.7 Å². The minimum atomic E-state index is -0.716. The van der Waals surface area contributed by atoms with Crippen LogP contribution in [0.2, 0.25) is 5.02 Å². The van der Waals surface area contributed by atoms with E-state index in [1.54, 1.807) is 24.3 Å². The maximum Gasteiger partial charge on any atom is 0.330 e. The number of halogens is 1. The third-order valence-corrected chi connectivity index (χ3v) is 4.86. The summed E-state index contributed by atoms with van der Waals surface area (Å²) in [5, 5.41) is 3.20. The molecule has 1 aromatic carbocycles. The third-order valence-electron chi connectivity index (χ3n) is 4.61. The Morgan fingerprint density at radius 3 is 2.31 bits per heavy atom. The van der Waals surface area contributed by atoms with Crippen LogP contribution >= 0.6 is 11.6 Å². The molecule has 1 heterocycles. The molecule has 0 aliphatic carbocycles. The first-order valence-corrected chi connectivity index (χ1v) is 10.9. The van der Waals surface area contributed by atoms with Crippen LogP contribution < -0.4 is 27.2 Å². The summed E-state index contributed by atoms with van der Waals surface area (Å²) in [6, 6.07) is 6.38. The Kier molecular flexibility index (Phi) is 8.65. The molecule has 10 heteroatoms. The van der Waals surface area contributed by atoms with Crippen molar-refractivity contribution in [3.05, 3.63) is 55.7 Å². The lowest BCUT2D eigenvalue weighted by atomic mass is 10.1. The van der Waals surface area contributed by atoms with Gasteiger partial charge in [-0.15, -0.1) is 0 Å². The van der Waals surface area contributed by atoms with Gasteiger partial charge in [-0.25, -0.2) is 4.79 Å². The Morgan fingerprint density at radius 2 is 1.75 bits per heavy atom. The minimum Gasteiger partial charge on any atom is -0.383 e. The molecule has 0 atom stereocenters. The van der Waals surface area contributed by atoms with Gasteiger partial charge in [-0.1, -0.05) is 39.3 Å². The summed E-state index contributed by atoms with van der Waals surface area (Å²) in [6.45, 7) is 8.23. The summed E-state index contributed by atoms with van der Waals surface area (Å²) in [7, 11) is 0. The van der Waals surface area contributed by atoms with Crippen molar-refractivity contribution in [2.75, 3.05) is 23.7 Å². The van der Waals surface area contributed by atoms with Gasteiger partial charge in [0.05, 0.1) is 0 Å². The number of aromatic amines is 1. The zero-order valence-corrected chi connectivity index (χ0v) is 19.5. The highest BCUT2D eigenvalue weighted by molar-refractivity contribution is 6.30. The first-order valence-electron chi connectivity index (χ1n) is 10.5. The van der Waals surface area contributed by atoms with Gasteiger partial charge in [0.25, 0.3) is 11.5 Å². The monoisotopic (exact) mass is 463 g/mol. The van der Waals surface area contributed by atoms with Crippen LogP contribution in [0, 0.1) is 11.8 Å². The zero-order chi connectivity index (χ0) is 24.0. The van der Waals surface area contributed by atoms with Gasteiger partial charge in [0.1, 0.15) is 5.82 Å². The molecule has 0 saturated carbocycles. The molecule has 0 bridgehead atoms. The van der Waals surface area contributed by atoms with Crippen molar-refractivity contribution in [3.63, 3.8) is 0 Å². The third kappa shape index (κ3) is 6.46. The maximum absolute atomic E-state index is 13.0. The number of carbonyl (C=O) groups excluding carboxylic acids is 2. The second-order valence-corrected chi connectivity index (χ2v) is 8.84. The van der Waals surface area contributed by atoms with Crippen molar-refractivity contribution in [1.82, 2.24) is 14.9 Å². The fraction of sp³-hybridized carbons (Fsp3) is 0.455. The molecule has 0 radical (unpaired) electrons. The van der Waals surface area contributed by atoms with Gasteiger partial charge in [0, 0.05) is 36.6 Å². The van der Waals surface area contributed by atoms with Crippen LogP contribution in [0.25, 0.3) is 0 Å². The Morgan fingerprint density at radius 1 is 1.12 bits per heavy atom. The summed E-state index contributed by atoms with van der Waals surface area (Å²) in [5.41, 5.74) is 5.22. The normalized spacial score (nSPS) is 11.1. The number of H-pyrrole nitrogens is 1. The fourth-order valence-electron chi connectivity index (χ4n) is 3.19.